The van der Waals surface area contributed by atoms with Gasteiger partial charge in [-0.1, -0.05) is 48.5 Å². The van der Waals surface area contributed by atoms with Gasteiger partial charge in [-0.3, -0.25) is 0 Å². The predicted octanol–water partition coefficient (Wildman–Crippen LogP) is 5.39. The van der Waals surface area contributed by atoms with Gasteiger partial charge in [0.15, 0.2) is 5.69 Å². The smallest absolute Gasteiger partial charge is 0.187 e. The van der Waals surface area contributed by atoms with E-state index in [2.05, 4.69) is 10.9 Å². The third-order valence-corrected chi connectivity index (χ3v) is 4.13. The van der Waals surface area contributed by atoms with Gasteiger partial charge in [-0.05, 0) is 29.8 Å². The zero-order valence-corrected chi connectivity index (χ0v) is 13.7. The molecule has 4 aromatic rings. The molecule has 0 bridgehead atoms. The number of aromatic nitrogens is 2. The van der Waals surface area contributed by atoms with Crippen LogP contribution in [0.15, 0.2) is 72.8 Å². The van der Waals surface area contributed by atoms with E-state index in [1.807, 2.05) is 48.5 Å². The lowest BCUT2D eigenvalue weighted by Gasteiger charge is -2.11. The summed E-state index contributed by atoms with van der Waals surface area (Å²) in [4.78, 5) is 13.1. The molecule has 0 unspecified atom stereocenters. The van der Waals surface area contributed by atoms with Gasteiger partial charge in [-0.25, -0.2) is 14.8 Å². The highest BCUT2D eigenvalue weighted by molar-refractivity contribution is 5.86. The van der Waals surface area contributed by atoms with E-state index < -0.39 is 0 Å². The molecule has 0 aliphatic rings. The van der Waals surface area contributed by atoms with Gasteiger partial charge in [0.25, 0.3) is 0 Å². The van der Waals surface area contributed by atoms with E-state index in [4.69, 9.17) is 21.8 Å². The zero-order chi connectivity index (χ0) is 17.9. The maximum atomic E-state index is 9.02. The van der Waals surface area contributed by atoms with Crippen molar-refractivity contribution in [1.29, 1.82) is 5.26 Å². The summed E-state index contributed by atoms with van der Waals surface area (Å²) in [5.41, 5.74) is 6.12. The molecule has 4 heteroatoms. The molecule has 0 atom stereocenters. The van der Waals surface area contributed by atoms with Gasteiger partial charge in [0.1, 0.15) is 0 Å². The quantitative estimate of drug-likeness (QED) is 0.463. The fraction of sp³-hybridized carbons (Fsp3) is 0. The molecule has 0 radical (unpaired) electrons. The van der Waals surface area contributed by atoms with E-state index in [1.165, 1.54) is 0 Å². The van der Waals surface area contributed by atoms with E-state index in [1.54, 1.807) is 24.3 Å². The summed E-state index contributed by atoms with van der Waals surface area (Å²) in [6, 6.07) is 24.5. The third-order valence-electron chi connectivity index (χ3n) is 4.13. The second kappa shape index (κ2) is 6.47. The molecule has 0 fully saturated rings. The Balaban J connectivity index is 1.96. The lowest BCUT2D eigenvalue weighted by atomic mass is 10.0. The Morgan fingerprint density at radius 1 is 0.731 bits per heavy atom. The minimum Gasteiger partial charge on any atom is -0.244 e. The predicted molar refractivity (Wildman–Crippen MR) is 101 cm³/mol. The van der Waals surface area contributed by atoms with E-state index in [0.717, 1.165) is 33.5 Å². The minimum atomic E-state index is 0.586. The van der Waals surface area contributed by atoms with Crippen LogP contribution in [0.2, 0.25) is 0 Å². The van der Waals surface area contributed by atoms with Crippen LogP contribution in [-0.2, 0) is 0 Å². The van der Waals surface area contributed by atoms with Crippen LogP contribution in [0.25, 0.3) is 38.4 Å². The molecule has 0 N–H and O–H groups in total. The Hall–Kier alpha value is -4.02. The molecule has 0 amide bonds. The van der Waals surface area contributed by atoms with Crippen LogP contribution in [0.5, 0.6) is 0 Å². The van der Waals surface area contributed by atoms with Crippen LogP contribution >= 0.6 is 0 Å². The first-order valence-corrected chi connectivity index (χ1v) is 8.04. The van der Waals surface area contributed by atoms with Gasteiger partial charge in [0.05, 0.1) is 40.6 Å². The molecule has 0 aliphatic carbocycles. The highest BCUT2D eigenvalue weighted by atomic mass is 14.8. The van der Waals surface area contributed by atoms with E-state index in [9.17, 15) is 0 Å². The van der Waals surface area contributed by atoms with Gasteiger partial charge in [0, 0.05) is 5.56 Å². The first-order valence-electron chi connectivity index (χ1n) is 8.04. The van der Waals surface area contributed by atoms with Crippen molar-refractivity contribution >= 4 is 16.7 Å². The number of benzene rings is 3. The van der Waals surface area contributed by atoms with Crippen molar-refractivity contribution in [3.63, 3.8) is 0 Å². The third kappa shape index (κ3) is 2.77. The average Bonchev–Trinajstić information content (AvgIpc) is 2.73. The Kier molecular flexibility index (Phi) is 3.86. The van der Waals surface area contributed by atoms with Gasteiger partial charge < -0.3 is 0 Å². The molecule has 1 heterocycles. The molecular weight excluding hydrogens is 320 g/mol. The maximum absolute atomic E-state index is 9.02. The number of hydrogen-bond acceptors (Lipinski definition) is 3. The standard InChI is InChI=1S/C22H12N4/c1-24-18-12-10-17(11-13-18)22-21(16-8-6-15(14-23)7-9-16)25-19-4-2-3-5-20(19)26-22/h2-13H. The molecule has 0 spiro atoms. The summed E-state index contributed by atoms with van der Waals surface area (Å²) < 4.78 is 0. The van der Waals surface area contributed by atoms with Crippen LogP contribution in [0, 0.1) is 17.9 Å². The van der Waals surface area contributed by atoms with Crippen molar-refractivity contribution in [3.05, 3.63) is 89.8 Å². The van der Waals surface area contributed by atoms with Crippen molar-refractivity contribution in [2.75, 3.05) is 0 Å². The molecule has 26 heavy (non-hydrogen) atoms. The van der Waals surface area contributed by atoms with E-state index in [-0.39, 0.29) is 0 Å². The summed E-state index contributed by atoms with van der Waals surface area (Å²) in [5.74, 6) is 0. The first kappa shape index (κ1) is 15.5. The van der Waals surface area contributed by atoms with Crippen molar-refractivity contribution < 1.29 is 0 Å². The number of rotatable bonds is 2. The molecule has 1 aromatic heterocycles. The average molecular weight is 332 g/mol. The number of hydrogen-bond donors (Lipinski definition) is 0. The summed E-state index contributed by atoms with van der Waals surface area (Å²) in [6.07, 6.45) is 0. The molecule has 0 saturated carbocycles. The Labute approximate surface area is 150 Å². The summed E-state index contributed by atoms with van der Waals surface area (Å²) in [5, 5.41) is 9.02. The van der Waals surface area contributed by atoms with Crippen molar-refractivity contribution in [2.45, 2.75) is 0 Å². The van der Waals surface area contributed by atoms with Crippen LogP contribution in [0.3, 0.4) is 0 Å². The SMILES string of the molecule is [C-]#[N+]c1ccc(-c2nc3ccccc3nc2-c2ccc(C#N)cc2)cc1. The normalized spacial score (nSPS) is 10.2. The van der Waals surface area contributed by atoms with Crippen LogP contribution < -0.4 is 0 Å². The van der Waals surface area contributed by atoms with Crippen molar-refractivity contribution in [2.24, 2.45) is 0 Å². The van der Waals surface area contributed by atoms with E-state index in [0.29, 0.717) is 11.3 Å². The second-order valence-corrected chi connectivity index (χ2v) is 5.76. The zero-order valence-electron chi connectivity index (χ0n) is 13.7. The molecule has 0 aliphatic heterocycles. The lowest BCUT2D eigenvalue weighted by Crippen LogP contribution is -1.95. The van der Waals surface area contributed by atoms with Crippen LogP contribution in [0.4, 0.5) is 5.69 Å². The van der Waals surface area contributed by atoms with Crippen LogP contribution in [-0.4, -0.2) is 9.97 Å². The molecule has 0 saturated heterocycles. The molecule has 3 aromatic carbocycles. The largest absolute Gasteiger partial charge is 0.244 e. The molecule has 4 nitrogen and oxygen atoms in total. The van der Waals surface area contributed by atoms with Crippen LogP contribution in [0.1, 0.15) is 5.56 Å². The highest BCUT2D eigenvalue weighted by Crippen LogP contribution is 2.32. The minimum absolute atomic E-state index is 0.586. The summed E-state index contributed by atoms with van der Waals surface area (Å²) in [7, 11) is 0. The summed E-state index contributed by atoms with van der Waals surface area (Å²) >= 11 is 0. The molecule has 120 valence electrons. The molecule has 4 rings (SSSR count). The summed E-state index contributed by atoms with van der Waals surface area (Å²) in [6.45, 7) is 7.11. The lowest BCUT2D eigenvalue weighted by molar-refractivity contribution is 1.29. The Morgan fingerprint density at radius 2 is 1.23 bits per heavy atom. The van der Waals surface area contributed by atoms with Gasteiger partial charge in [-0.2, -0.15) is 5.26 Å². The highest BCUT2D eigenvalue weighted by Gasteiger charge is 2.13. The Bertz CT molecular complexity index is 1080. The monoisotopic (exact) mass is 332 g/mol. The van der Waals surface area contributed by atoms with Gasteiger partial charge in [-0.15, -0.1) is 0 Å². The Morgan fingerprint density at radius 3 is 1.69 bits per heavy atom. The van der Waals surface area contributed by atoms with Crippen molar-refractivity contribution in [1.82, 2.24) is 9.97 Å². The van der Waals surface area contributed by atoms with E-state index >= 15 is 0 Å². The first-order chi connectivity index (χ1) is 12.8. The number of nitriles is 1. The fourth-order valence-corrected chi connectivity index (χ4v) is 2.80. The maximum Gasteiger partial charge on any atom is 0.187 e. The number of para-hydroxylation sites is 2. The topological polar surface area (TPSA) is 53.9 Å². The number of fused-ring (bicyclic) bond motifs is 1. The van der Waals surface area contributed by atoms with Crippen molar-refractivity contribution in [3.8, 4) is 28.6 Å². The van der Waals surface area contributed by atoms with Gasteiger partial charge in [0.2, 0.25) is 0 Å². The fourth-order valence-electron chi connectivity index (χ4n) is 2.80. The van der Waals surface area contributed by atoms with Gasteiger partial charge >= 0.3 is 0 Å². The number of nitrogens with zero attached hydrogens (tertiary/aromatic N) is 4. The molecular formula is C22H12N4. The second-order valence-electron chi connectivity index (χ2n) is 5.76.